The van der Waals surface area contributed by atoms with Crippen LogP contribution >= 0.6 is 15.9 Å². The maximum absolute atomic E-state index is 11.1. The van der Waals surface area contributed by atoms with E-state index in [2.05, 4.69) is 20.9 Å². The van der Waals surface area contributed by atoms with E-state index in [1.54, 1.807) is 12.1 Å². The molecular formula is C13H12BrNO4. The van der Waals surface area contributed by atoms with E-state index in [9.17, 15) is 4.79 Å². The molecular weight excluding hydrogens is 314 g/mol. The summed E-state index contributed by atoms with van der Waals surface area (Å²) < 4.78 is 11.4. The molecule has 19 heavy (non-hydrogen) atoms. The summed E-state index contributed by atoms with van der Waals surface area (Å²) in [5.74, 6) is -0.428. The van der Waals surface area contributed by atoms with Crippen molar-refractivity contribution in [1.29, 1.82) is 0 Å². The maximum Gasteiger partial charge on any atom is 0.373 e. The smallest absolute Gasteiger partial charge is 0.373 e. The molecule has 0 atom stereocenters. The largest absolute Gasteiger partial charge is 0.496 e. The third kappa shape index (κ3) is 2.63. The number of halogens is 1. The summed E-state index contributed by atoms with van der Waals surface area (Å²) in [5, 5.41) is 9.06. The third-order valence-corrected chi connectivity index (χ3v) is 3.11. The number of rotatable bonds is 4. The molecule has 1 heterocycles. The van der Waals surface area contributed by atoms with Gasteiger partial charge in [0, 0.05) is 4.47 Å². The molecule has 2 aromatic rings. The fraction of sp³-hybridized carbons (Fsp3) is 0.231. The van der Waals surface area contributed by atoms with Crippen LogP contribution in [-0.2, 0) is 6.42 Å². The van der Waals surface area contributed by atoms with Gasteiger partial charge in [-0.2, -0.15) is 0 Å². The molecule has 0 bridgehead atoms. The van der Waals surface area contributed by atoms with E-state index in [4.69, 9.17) is 14.3 Å². The number of carboxylic acid groups (broad SMARTS) is 1. The van der Waals surface area contributed by atoms with E-state index in [-0.39, 0.29) is 11.7 Å². The first-order valence-corrected chi connectivity index (χ1v) is 6.43. The molecule has 0 aliphatic heterocycles. The molecule has 100 valence electrons. The second-order valence-corrected chi connectivity index (χ2v) is 4.71. The number of ether oxygens (including phenoxy) is 1. The quantitative estimate of drug-likeness (QED) is 0.932. The Hall–Kier alpha value is -1.82. The number of carboxylic acids is 1. The van der Waals surface area contributed by atoms with E-state index in [0.29, 0.717) is 23.4 Å². The lowest BCUT2D eigenvalue weighted by Gasteiger charge is -2.05. The number of carbonyl (C=O) groups is 1. The van der Waals surface area contributed by atoms with Gasteiger partial charge in [-0.25, -0.2) is 9.78 Å². The summed E-state index contributed by atoms with van der Waals surface area (Å²) in [6.07, 6.45) is 0.490. The predicted octanol–water partition coefficient (Wildman–Crippen LogP) is 3.37. The zero-order valence-electron chi connectivity index (χ0n) is 10.4. The highest BCUT2D eigenvalue weighted by Crippen LogP contribution is 2.33. The number of methoxy groups -OCH3 is 1. The van der Waals surface area contributed by atoms with Crippen molar-refractivity contribution in [3.8, 4) is 17.2 Å². The monoisotopic (exact) mass is 325 g/mol. The first-order valence-electron chi connectivity index (χ1n) is 5.63. The zero-order chi connectivity index (χ0) is 14.0. The molecule has 6 heteroatoms. The van der Waals surface area contributed by atoms with Crippen molar-refractivity contribution in [2.45, 2.75) is 13.3 Å². The Balaban J connectivity index is 2.56. The molecule has 0 unspecified atom stereocenters. The van der Waals surface area contributed by atoms with Gasteiger partial charge in [-0.15, -0.1) is 0 Å². The van der Waals surface area contributed by atoms with E-state index in [0.717, 1.165) is 4.47 Å². The molecule has 0 fully saturated rings. The van der Waals surface area contributed by atoms with Crippen molar-refractivity contribution in [3.63, 3.8) is 0 Å². The van der Waals surface area contributed by atoms with Gasteiger partial charge in [0.2, 0.25) is 11.7 Å². The van der Waals surface area contributed by atoms with Crippen LogP contribution in [-0.4, -0.2) is 23.2 Å². The van der Waals surface area contributed by atoms with Crippen LogP contribution in [0.4, 0.5) is 0 Å². The molecule has 2 rings (SSSR count). The topological polar surface area (TPSA) is 72.6 Å². The Bertz CT molecular complexity index is 621. The Morgan fingerprint density at radius 2 is 2.26 bits per heavy atom. The van der Waals surface area contributed by atoms with Gasteiger partial charge in [-0.1, -0.05) is 22.9 Å². The maximum atomic E-state index is 11.1. The van der Waals surface area contributed by atoms with E-state index in [1.165, 1.54) is 7.11 Å². The SMILES string of the molecule is CCc1nc(-c2ccc(Br)cc2OC)oc1C(=O)O. The fourth-order valence-corrected chi connectivity index (χ4v) is 2.06. The number of hydrogen-bond donors (Lipinski definition) is 1. The van der Waals surface area contributed by atoms with Gasteiger partial charge in [0.05, 0.1) is 18.4 Å². The van der Waals surface area contributed by atoms with Crippen LogP contribution in [0.15, 0.2) is 27.1 Å². The summed E-state index contributed by atoms with van der Waals surface area (Å²) in [6, 6.07) is 5.35. The van der Waals surface area contributed by atoms with Crippen LogP contribution in [0.1, 0.15) is 23.2 Å². The van der Waals surface area contributed by atoms with Crippen LogP contribution in [0.25, 0.3) is 11.5 Å². The summed E-state index contributed by atoms with van der Waals surface area (Å²) in [7, 11) is 1.53. The number of aromatic nitrogens is 1. The Labute approximate surface area is 118 Å². The number of oxazole rings is 1. The van der Waals surface area contributed by atoms with Crippen molar-refractivity contribution in [2.24, 2.45) is 0 Å². The summed E-state index contributed by atoms with van der Waals surface area (Å²) in [4.78, 5) is 15.3. The summed E-state index contributed by atoms with van der Waals surface area (Å²) in [5.41, 5.74) is 1.04. The lowest BCUT2D eigenvalue weighted by Crippen LogP contribution is -1.98. The van der Waals surface area contributed by atoms with E-state index in [1.807, 2.05) is 13.0 Å². The van der Waals surface area contributed by atoms with Crippen LogP contribution in [0.3, 0.4) is 0 Å². The van der Waals surface area contributed by atoms with Gasteiger partial charge < -0.3 is 14.3 Å². The average Bonchev–Trinajstić information content (AvgIpc) is 2.82. The van der Waals surface area contributed by atoms with Crippen molar-refractivity contribution in [1.82, 2.24) is 4.98 Å². The van der Waals surface area contributed by atoms with Gasteiger partial charge in [0.15, 0.2) is 0 Å². The van der Waals surface area contributed by atoms with Crippen LogP contribution in [0, 0.1) is 0 Å². The van der Waals surface area contributed by atoms with Crippen molar-refractivity contribution < 1.29 is 19.1 Å². The highest BCUT2D eigenvalue weighted by molar-refractivity contribution is 9.10. The number of nitrogens with zero attached hydrogens (tertiary/aromatic N) is 1. The van der Waals surface area contributed by atoms with Gasteiger partial charge in [0.1, 0.15) is 5.75 Å². The molecule has 1 N–H and O–H groups in total. The molecule has 0 spiro atoms. The second kappa shape index (κ2) is 5.44. The highest BCUT2D eigenvalue weighted by atomic mass is 79.9. The molecule has 1 aromatic carbocycles. The Kier molecular flexibility index (Phi) is 3.90. The molecule has 0 saturated heterocycles. The third-order valence-electron chi connectivity index (χ3n) is 2.62. The highest BCUT2D eigenvalue weighted by Gasteiger charge is 2.20. The molecule has 0 aliphatic carbocycles. The molecule has 0 amide bonds. The van der Waals surface area contributed by atoms with Crippen LogP contribution < -0.4 is 4.74 Å². The number of aromatic carboxylic acids is 1. The van der Waals surface area contributed by atoms with Crippen molar-refractivity contribution in [3.05, 3.63) is 34.1 Å². The zero-order valence-corrected chi connectivity index (χ0v) is 12.0. The minimum absolute atomic E-state index is 0.123. The molecule has 0 saturated carbocycles. The standard InChI is InChI=1S/C13H12BrNO4/c1-3-9-11(13(16)17)19-12(15-9)8-5-4-7(14)6-10(8)18-2/h4-6H,3H2,1-2H3,(H,16,17). The molecule has 5 nitrogen and oxygen atoms in total. The fourth-order valence-electron chi connectivity index (χ4n) is 1.72. The Morgan fingerprint density at radius 1 is 1.53 bits per heavy atom. The predicted molar refractivity (Wildman–Crippen MR) is 72.5 cm³/mol. The average molecular weight is 326 g/mol. The summed E-state index contributed by atoms with van der Waals surface area (Å²) >= 11 is 3.34. The minimum Gasteiger partial charge on any atom is -0.496 e. The van der Waals surface area contributed by atoms with E-state index >= 15 is 0 Å². The van der Waals surface area contributed by atoms with E-state index < -0.39 is 5.97 Å². The van der Waals surface area contributed by atoms with Crippen LogP contribution in [0.5, 0.6) is 5.75 Å². The van der Waals surface area contributed by atoms with Crippen molar-refractivity contribution in [2.75, 3.05) is 7.11 Å². The lowest BCUT2D eigenvalue weighted by molar-refractivity contribution is 0.0662. The molecule has 0 radical (unpaired) electrons. The van der Waals surface area contributed by atoms with Crippen molar-refractivity contribution >= 4 is 21.9 Å². The van der Waals surface area contributed by atoms with Gasteiger partial charge in [-0.3, -0.25) is 0 Å². The molecule has 0 aliphatic rings. The first kappa shape index (κ1) is 13.6. The first-order chi connectivity index (χ1) is 9.06. The molecule has 1 aromatic heterocycles. The van der Waals surface area contributed by atoms with Crippen LogP contribution in [0.2, 0.25) is 0 Å². The minimum atomic E-state index is -1.12. The number of hydrogen-bond acceptors (Lipinski definition) is 4. The van der Waals surface area contributed by atoms with Gasteiger partial charge in [-0.05, 0) is 24.6 Å². The van der Waals surface area contributed by atoms with Gasteiger partial charge in [0.25, 0.3) is 0 Å². The summed E-state index contributed by atoms with van der Waals surface area (Å²) in [6.45, 7) is 1.83. The number of benzene rings is 1. The lowest BCUT2D eigenvalue weighted by atomic mass is 10.2. The second-order valence-electron chi connectivity index (χ2n) is 3.80. The Morgan fingerprint density at radius 3 is 2.79 bits per heavy atom. The van der Waals surface area contributed by atoms with Gasteiger partial charge >= 0.3 is 5.97 Å². The number of aryl methyl sites for hydroxylation is 1. The normalized spacial score (nSPS) is 10.5.